The Morgan fingerprint density at radius 1 is 1.55 bits per heavy atom. The molecular weight excluding hydrogens is 272 g/mol. The number of nitrogens with zero attached hydrogens (tertiary/aromatic N) is 2. The van der Waals surface area contributed by atoms with E-state index in [1.54, 1.807) is 23.7 Å². The van der Waals surface area contributed by atoms with Crippen LogP contribution < -0.4 is 11.1 Å². The first-order valence-corrected chi connectivity index (χ1v) is 6.91. The summed E-state index contributed by atoms with van der Waals surface area (Å²) >= 11 is 1.43. The van der Waals surface area contributed by atoms with Crippen molar-refractivity contribution < 1.29 is 4.79 Å². The van der Waals surface area contributed by atoms with Gasteiger partial charge in [-0.15, -0.1) is 11.3 Å². The van der Waals surface area contributed by atoms with Gasteiger partial charge in [-0.25, -0.2) is 9.97 Å². The molecule has 0 atom stereocenters. The molecule has 0 radical (unpaired) electrons. The maximum Gasteiger partial charge on any atom is 0.252 e. The number of carbonyl (C=O) groups is 1. The second-order valence-electron chi connectivity index (χ2n) is 3.98. The van der Waals surface area contributed by atoms with Gasteiger partial charge in [0.2, 0.25) is 0 Å². The molecule has 0 unspecified atom stereocenters. The number of carbonyl (C=O) groups excluding carboxylic acids is 1. The van der Waals surface area contributed by atoms with Gasteiger partial charge in [0.15, 0.2) is 0 Å². The van der Waals surface area contributed by atoms with Crippen LogP contribution in [0.4, 0.5) is 0 Å². The molecule has 0 aromatic carbocycles. The molecule has 2 aromatic rings. The van der Waals surface area contributed by atoms with E-state index < -0.39 is 0 Å². The molecule has 2 heterocycles. The van der Waals surface area contributed by atoms with Crippen molar-refractivity contribution in [2.75, 3.05) is 6.54 Å². The number of amides is 1. The van der Waals surface area contributed by atoms with Crippen LogP contribution in [0.25, 0.3) is 0 Å². The van der Waals surface area contributed by atoms with E-state index in [1.807, 2.05) is 6.92 Å². The molecule has 20 heavy (non-hydrogen) atoms. The third kappa shape index (κ3) is 3.88. The van der Waals surface area contributed by atoms with Gasteiger partial charge in [-0.3, -0.25) is 4.79 Å². The standard InChI is InChI=1S/C14H14N4OS/c1-10-16-6-4-12(18-10)8-17-14(19)11-7-13(20-9-11)3-2-5-15/h4,6-7,9H,5,8,15H2,1H3,(H,17,19). The maximum atomic E-state index is 12.0. The number of aromatic nitrogens is 2. The molecule has 1 amide bonds. The molecule has 3 N–H and O–H groups in total. The second kappa shape index (κ2) is 6.80. The Bertz CT molecular complexity index is 669. The van der Waals surface area contributed by atoms with Crippen molar-refractivity contribution in [3.8, 4) is 11.8 Å². The highest BCUT2D eigenvalue weighted by atomic mass is 32.1. The predicted molar refractivity (Wildman–Crippen MR) is 78.2 cm³/mol. The Morgan fingerprint density at radius 2 is 2.40 bits per heavy atom. The third-order valence-electron chi connectivity index (χ3n) is 2.44. The Morgan fingerprint density at radius 3 is 3.15 bits per heavy atom. The minimum atomic E-state index is -0.140. The van der Waals surface area contributed by atoms with E-state index in [2.05, 4.69) is 27.1 Å². The summed E-state index contributed by atoms with van der Waals surface area (Å²) in [6, 6.07) is 3.53. The van der Waals surface area contributed by atoms with Gasteiger partial charge in [0.1, 0.15) is 5.82 Å². The van der Waals surface area contributed by atoms with E-state index in [4.69, 9.17) is 5.73 Å². The van der Waals surface area contributed by atoms with Crippen LogP contribution in [-0.2, 0) is 6.54 Å². The van der Waals surface area contributed by atoms with Crippen LogP contribution in [0.15, 0.2) is 23.7 Å². The first-order valence-electron chi connectivity index (χ1n) is 6.03. The fraction of sp³-hybridized carbons (Fsp3) is 0.214. The highest BCUT2D eigenvalue weighted by Crippen LogP contribution is 2.13. The Kier molecular flexibility index (Phi) is 4.82. The van der Waals surface area contributed by atoms with Crippen LogP contribution in [0.1, 0.15) is 26.8 Å². The summed E-state index contributed by atoms with van der Waals surface area (Å²) in [6.45, 7) is 2.50. The van der Waals surface area contributed by atoms with Crippen LogP contribution in [-0.4, -0.2) is 22.4 Å². The summed E-state index contributed by atoms with van der Waals surface area (Å²) in [5.41, 5.74) is 6.69. The number of aryl methyl sites for hydroxylation is 1. The number of nitrogens with one attached hydrogen (secondary N) is 1. The maximum absolute atomic E-state index is 12.0. The van der Waals surface area contributed by atoms with Crippen molar-refractivity contribution in [1.29, 1.82) is 0 Å². The van der Waals surface area contributed by atoms with E-state index in [0.29, 0.717) is 24.5 Å². The van der Waals surface area contributed by atoms with E-state index >= 15 is 0 Å². The van der Waals surface area contributed by atoms with Gasteiger partial charge < -0.3 is 11.1 Å². The Labute approximate surface area is 121 Å². The number of hydrogen-bond acceptors (Lipinski definition) is 5. The van der Waals surface area contributed by atoms with Gasteiger partial charge in [-0.1, -0.05) is 11.8 Å². The molecule has 5 nitrogen and oxygen atoms in total. The zero-order valence-electron chi connectivity index (χ0n) is 11.0. The number of rotatable bonds is 3. The molecule has 0 aliphatic heterocycles. The van der Waals surface area contributed by atoms with Gasteiger partial charge in [0.05, 0.1) is 29.2 Å². The highest BCUT2D eigenvalue weighted by Gasteiger charge is 2.08. The predicted octanol–water partition coefficient (Wildman–Crippen LogP) is 1.09. The lowest BCUT2D eigenvalue weighted by atomic mass is 10.3. The summed E-state index contributed by atoms with van der Waals surface area (Å²) < 4.78 is 0. The topological polar surface area (TPSA) is 80.9 Å². The van der Waals surface area contributed by atoms with Crippen molar-refractivity contribution in [1.82, 2.24) is 15.3 Å². The van der Waals surface area contributed by atoms with Crippen molar-refractivity contribution >= 4 is 17.2 Å². The lowest BCUT2D eigenvalue weighted by Crippen LogP contribution is -2.22. The van der Waals surface area contributed by atoms with Gasteiger partial charge in [0.25, 0.3) is 5.91 Å². The molecule has 2 aromatic heterocycles. The molecule has 0 saturated carbocycles. The molecule has 0 spiro atoms. The smallest absolute Gasteiger partial charge is 0.252 e. The normalized spacial score (nSPS) is 9.70. The van der Waals surface area contributed by atoms with E-state index in [0.717, 1.165) is 10.6 Å². The first kappa shape index (κ1) is 14.2. The largest absolute Gasteiger partial charge is 0.346 e. The van der Waals surface area contributed by atoms with E-state index in [9.17, 15) is 4.79 Å². The molecule has 0 aliphatic rings. The van der Waals surface area contributed by atoms with Gasteiger partial charge in [0, 0.05) is 11.6 Å². The zero-order chi connectivity index (χ0) is 14.4. The number of nitrogens with two attached hydrogens (primary N) is 1. The van der Waals surface area contributed by atoms with Crippen molar-refractivity contribution in [2.45, 2.75) is 13.5 Å². The molecular formula is C14H14N4OS. The fourth-order valence-corrected chi connectivity index (χ4v) is 2.29. The number of thiophene rings is 1. The lowest BCUT2D eigenvalue weighted by molar-refractivity contribution is 0.0951. The Balaban J connectivity index is 1.96. The molecule has 0 bridgehead atoms. The van der Waals surface area contributed by atoms with E-state index in [-0.39, 0.29) is 5.91 Å². The molecule has 102 valence electrons. The average Bonchev–Trinajstić information content (AvgIpc) is 2.91. The van der Waals surface area contributed by atoms with Gasteiger partial charge in [-0.2, -0.15) is 0 Å². The highest BCUT2D eigenvalue weighted by molar-refractivity contribution is 7.10. The third-order valence-corrected chi connectivity index (χ3v) is 3.28. The van der Waals surface area contributed by atoms with E-state index in [1.165, 1.54) is 11.3 Å². The minimum absolute atomic E-state index is 0.140. The number of hydrogen-bond donors (Lipinski definition) is 2. The molecule has 0 aliphatic carbocycles. The van der Waals surface area contributed by atoms with Crippen LogP contribution in [0.2, 0.25) is 0 Å². The second-order valence-corrected chi connectivity index (χ2v) is 4.89. The van der Waals surface area contributed by atoms with Crippen molar-refractivity contribution in [3.05, 3.63) is 45.7 Å². The van der Waals surface area contributed by atoms with Crippen LogP contribution >= 0.6 is 11.3 Å². The first-order chi connectivity index (χ1) is 9.69. The van der Waals surface area contributed by atoms with Gasteiger partial charge in [-0.05, 0) is 19.1 Å². The Hall–Kier alpha value is -2.23. The average molecular weight is 286 g/mol. The lowest BCUT2D eigenvalue weighted by Gasteiger charge is -2.03. The summed E-state index contributed by atoms with van der Waals surface area (Å²) in [5, 5.41) is 4.60. The van der Waals surface area contributed by atoms with Crippen molar-refractivity contribution in [3.63, 3.8) is 0 Å². The summed E-state index contributed by atoms with van der Waals surface area (Å²) in [6.07, 6.45) is 1.68. The minimum Gasteiger partial charge on any atom is -0.346 e. The molecule has 0 fully saturated rings. The quantitative estimate of drug-likeness (QED) is 0.828. The van der Waals surface area contributed by atoms with Crippen LogP contribution in [0.5, 0.6) is 0 Å². The molecule has 0 saturated heterocycles. The molecule has 6 heteroatoms. The zero-order valence-corrected chi connectivity index (χ0v) is 11.8. The van der Waals surface area contributed by atoms with Crippen molar-refractivity contribution in [2.24, 2.45) is 5.73 Å². The fourth-order valence-electron chi connectivity index (χ4n) is 1.54. The monoisotopic (exact) mass is 286 g/mol. The van der Waals surface area contributed by atoms with Crippen LogP contribution in [0, 0.1) is 18.8 Å². The summed E-state index contributed by atoms with van der Waals surface area (Å²) in [5.74, 6) is 6.21. The van der Waals surface area contributed by atoms with Gasteiger partial charge >= 0.3 is 0 Å². The summed E-state index contributed by atoms with van der Waals surface area (Å²) in [7, 11) is 0. The molecule has 2 rings (SSSR count). The summed E-state index contributed by atoms with van der Waals surface area (Å²) in [4.78, 5) is 21.0. The SMILES string of the molecule is Cc1nccc(CNC(=O)c2csc(C#CCN)c2)n1. The van der Waals surface area contributed by atoms with Crippen LogP contribution in [0.3, 0.4) is 0 Å².